The first kappa shape index (κ1) is 11.5. The normalized spacial score (nSPS) is 32.3. The molecule has 1 spiro atoms. The molecule has 18 heavy (non-hydrogen) atoms. The van der Waals surface area contributed by atoms with Crippen LogP contribution in [0.2, 0.25) is 0 Å². The average Bonchev–Trinajstić information content (AvgIpc) is 2.99. The summed E-state index contributed by atoms with van der Waals surface area (Å²) in [5.41, 5.74) is 1.12. The molecule has 0 saturated carbocycles. The Morgan fingerprint density at radius 3 is 2.89 bits per heavy atom. The smallest absolute Gasteiger partial charge is 0.233 e. The Bertz CT molecular complexity index is 478. The van der Waals surface area contributed by atoms with E-state index in [2.05, 4.69) is 0 Å². The summed E-state index contributed by atoms with van der Waals surface area (Å²) < 4.78 is 16.8. The van der Waals surface area contributed by atoms with Crippen molar-refractivity contribution >= 4 is 6.08 Å². The van der Waals surface area contributed by atoms with Crippen molar-refractivity contribution in [3.05, 3.63) is 53.8 Å². The highest BCUT2D eigenvalue weighted by atomic mass is 16.8. The van der Waals surface area contributed by atoms with E-state index in [1.54, 1.807) is 7.11 Å². The standard InChI is InChI=1S/C15H16O3/c1-16-14-8-10-15(18-14)9-7-13(17-15)11-12-5-3-2-4-6-12/h2-7,9,11,14H,8,10H2,1H3/b13-11+. The molecule has 0 bridgehead atoms. The molecule has 2 atom stereocenters. The van der Waals surface area contributed by atoms with Gasteiger partial charge in [0.1, 0.15) is 5.76 Å². The predicted octanol–water partition coefficient (Wildman–Crippen LogP) is 3.09. The Labute approximate surface area is 107 Å². The molecular weight excluding hydrogens is 228 g/mol. The molecule has 0 N–H and O–H groups in total. The van der Waals surface area contributed by atoms with Gasteiger partial charge in [-0.15, -0.1) is 0 Å². The van der Waals surface area contributed by atoms with Crippen LogP contribution in [0.15, 0.2) is 48.2 Å². The first-order chi connectivity index (χ1) is 8.80. The molecule has 1 fully saturated rings. The zero-order valence-corrected chi connectivity index (χ0v) is 10.3. The van der Waals surface area contributed by atoms with Crippen LogP contribution >= 0.6 is 0 Å². The minimum Gasteiger partial charge on any atom is -0.459 e. The molecular formula is C15H16O3. The molecule has 94 valence electrons. The largest absolute Gasteiger partial charge is 0.459 e. The van der Waals surface area contributed by atoms with Gasteiger partial charge in [0.15, 0.2) is 6.29 Å². The SMILES string of the molecule is COC1CCC2(C=C/C(=C\c3ccccc3)O2)O1. The van der Waals surface area contributed by atoms with E-state index < -0.39 is 5.79 Å². The van der Waals surface area contributed by atoms with Gasteiger partial charge in [0.25, 0.3) is 0 Å². The number of hydrogen-bond donors (Lipinski definition) is 0. The van der Waals surface area contributed by atoms with Crippen LogP contribution in [-0.2, 0) is 14.2 Å². The first-order valence-corrected chi connectivity index (χ1v) is 6.15. The fourth-order valence-corrected chi connectivity index (χ4v) is 2.29. The van der Waals surface area contributed by atoms with E-state index in [0.29, 0.717) is 0 Å². The molecule has 3 heteroatoms. The molecule has 2 unspecified atom stereocenters. The van der Waals surface area contributed by atoms with Gasteiger partial charge in [0.2, 0.25) is 5.79 Å². The van der Waals surface area contributed by atoms with E-state index in [4.69, 9.17) is 14.2 Å². The molecule has 0 amide bonds. The highest BCUT2D eigenvalue weighted by molar-refractivity contribution is 5.55. The molecule has 3 rings (SSSR count). The van der Waals surface area contributed by atoms with Gasteiger partial charge in [0, 0.05) is 20.0 Å². The monoisotopic (exact) mass is 244 g/mol. The number of allylic oxidation sites excluding steroid dienone is 1. The summed E-state index contributed by atoms with van der Waals surface area (Å²) >= 11 is 0. The summed E-state index contributed by atoms with van der Waals surface area (Å²) in [6.45, 7) is 0. The Kier molecular flexibility index (Phi) is 2.94. The number of ether oxygens (including phenoxy) is 3. The van der Waals surface area contributed by atoms with Crippen LogP contribution in [0, 0.1) is 0 Å². The molecule has 2 aliphatic heterocycles. The molecule has 2 heterocycles. The Hall–Kier alpha value is -1.58. The maximum Gasteiger partial charge on any atom is 0.233 e. The lowest BCUT2D eigenvalue weighted by molar-refractivity contribution is -0.218. The fourth-order valence-electron chi connectivity index (χ4n) is 2.29. The summed E-state index contributed by atoms with van der Waals surface area (Å²) in [7, 11) is 1.66. The van der Waals surface area contributed by atoms with Crippen LogP contribution in [-0.4, -0.2) is 19.2 Å². The second kappa shape index (κ2) is 4.59. The van der Waals surface area contributed by atoms with Gasteiger partial charge in [-0.1, -0.05) is 30.3 Å². The van der Waals surface area contributed by atoms with Crippen molar-refractivity contribution < 1.29 is 14.2 Å². The average molecular weight is 244 g/mol. The van der Waals surface area contributed by atoms with Crippen molar-refractivity contribution in [2.24, 2.45) is 0 Å². The number of rotatable bonds is 2. The Morgan fingerprint density at radius 1 is 1.33 bits per heavy atom. The van der Waals surface area contributed by atoms with Gasteiger partial charge < -0.3 is 14.2 Å². The van der Waals surface area contributed by atoms with Gasteiger partial charge in [-0.05, 0) is 23.8 Å². The Morgan fingerprint density at radius 2 is 2.17 bits per heavy atom. The van der Waals surface area contributed by atoms with E-state index in [-0.39, 0.29) is 6.29 Å². The molecule has 1 aromatic carbocycles. The van der Waals surface area contributed by atoms with Gasteiger partial charge >= 0.3 is 0 Å². The van der Waals surface area contributed by atoms with Crippen molar-refractivity contribution in [3.63, 3.8) is 0 Å². The van der Waals surface area contributed by atoms with Crippen LogP contribution in [0.1, 0.15) is 18.4 Å². The van der Waals surface area contributed by atoms with Gasteiger partial charge in [0.05, 0.1) is 0 Å². The zero-order chi connectivity index (χ0) is 12.4. The lowest BCUT2D eigenvalue weighted by atomic mass is 10.2. The third kappa shape index (κ3) is 2.19. The maximum absolute atomic E-state index is 5.89. The van der Waals surface area contributed by atoms with Gasteiger partial charge in [-0.25, -0.2) is 0 Å². The van der Waals surface area contributed by atoms with Crippen LogP contribution in [0.4, 0.5) is 0 Å². The van der Waals surface area contributed by atoms with Crippen LogP contribution < -0.4 is 0 Å². The predicted molar refractivity (Wildman–Crippen MR) is 68.5 cm³/mol. The molecule has 0 aromatic heterocycles. The van der Waals surface area contributed by atoms with Crippen molar-refractivity contribution in [2.75, 3.05) is 7.11 Å². The fraction of sp³-hybridized carbons (Fsp3) is 0.333. The topological polar surface area (TPSA) is 27.7 Å². The van der Waals surface area contributed by atoms with Crippen LogP contribution in [0.25, 0.3) is 6.08 Å². The summed E-state index contributed by atoms with van der Waals surface area (Å²) in [5, 5.41) is 0. The number of methoxy groups -OCH3 is 1. The highest BCUT2D eigenvalue weighted by Crippen LogP contribution is 2.39. The molecule has 0 radical (unpaired) electrons. The van der Waals surface area contributed by atoms with Crippen molar-refractivity contribution in [3.8, 4) is 0 Å². The number of hydrogen-bond acceptors (Lipinski definition) is 3. The zero-order valence-electron chi connectivity index (χ0n) is 10.3. The molecule has 1 aromatic rings. The summed E-state index contributed by atoms with van der Waals surface area (Å²) in [5.74, 6) is 0.222. The summed E-state index contributed by atoms with van der Waals surface area (Å²) in [6, 6.07) is 10.1. The quantitative estimate of drug-likeness (QED) is 0.800. The molecule has 2 aliphatic rings. The minimum atomic E-state index is -0.610. The second-order valence-electron chi connectivity index (χ2n) is 4.53. The van der Waals surface area contributed by atoms with Crippen molar-refractivity contribution in [2.45, 2.75) is 24.9 Å². The van der Waals surface area contributed by atoms with Crippen LogP contribution in [0.5, 0.6) is 0 Å². The van der Waals surface area contributed by atoms with E-state index in [1.807, 2.05) is 48.6 Å². The Balaban J connectivity index is 1.73. The van der Waals surface area contributed by atoms with E-state index in [0.717, 1.165) is 24.2 Å². The summed E-state index contributed by atoms with van der Waals surface area (Å²) in [6.07, 6.45) is 7.47. The third-order valence-electron chi connectivity index (χ3n) is 3.22. The molecule has 0 aliphatic carbocycles. The van der Waals surface area contributed by atoms with Crippen molar-refractivity contribution in [1.82, 2.24) is 0 Å². The molecule has 1 saturated heterocycles. The first-order valence-electron chi connectivity index (χ1n) is 6.15. The van der Waals surface area contributed by atoms with E-state index in [9.17, 15) is 0 Å². The van der Waals surface area contributed by atoms with Crippen LogP contribution in [0.3, 0.4) is 0 Å². The maximum atomic E-state index is 5.89. The lowest BCUT2D eigenvalue weighted by Crippen LogP contribution is -2.27. The highest BCUT2D eigenvalue weighted by Gasteiger charge is 2.43. The van der Waals surface area contributed by atoms with E-state index >= 15 is 0 Å². The molecule has 3 nitrogen and oxygen atoms in total. The van der Waals surface area contributed by atoms with Gasteiger partial charge in [-0.3, -0.25) is 0 Å². The van der Waals surface area contributed by atoms with E-state index in [1.165, 1.54) is 0 Å². The lowest BCUT2D eigenvalue weighted by Gasteiger charge is -2.22. The number of benzene rings is 1. The van der Waals surface area contributed by atoms with Crippen molar-refractivity contribution in [1.29, 1.82) is 0 Å². The minimum absolute atomic E-state index is 0.161. The second-order valence-corrected chi connectivity index (χ2v) is 4.53. The van der Waals surface area contributed by atoms with Gasteiger partial charge in [-0.2, -0.15) is 0 Å². The third-order valence-corrected chi connectivity index (χ3v) is 3.22. The summed E-state index contributed by atoms with van der Waals surface area (Å²) in [4.78, 5) is 0.